The van der Waals surface area contributed by atoms with Crippen LogP contribution in [0.25, 0.3) is 10.7 Å². The lowest BCUT2D eigenvalue weighted by molar-refractivity contribution is -0.117. The Balaban J connectivity index is 1.56. The average Bonchev–Trinajstić information content (AvgIpc) is 3.48. The summed E-state index contributed by atoms with van der Waals surface area (Å²) in [6.07, 6.45) is 1.59. The van der Waals surface area contributed by atoms with Gasteiger partial charge in [0.25, 0.3) is 0 Å². The van der Waals surface area contributed by atoms with Gasteiger partial charge in [0.05, 0.1) is 23.2 Å². The molecule has 10 heteroatoms. The highest BCUT2D eigenvalue weighted by Crippen LogP contribution is 2.27. The number of carbonyl (C=O) groups excluding carboxylic acids is 1. The van der Waals surface area contributed by atoms with Gasteiger partial charge in [-0.25, -0.2) is 0 Å². The number of rotatable bonds is 6. The first-order chi connectivity index (χ1) is 14.1. The standard InChI is InChI=1S/C19H17N7O2S/c1-12-13(2)25(10-14-5-3-7-28-14)19(15(12)9-20)21-17(27)11-26-23-18(22-24-26)16-6-4-8-29-16/h3-8H,10-11H2,1-2H3,(H,21,27). The van der Waals surface area contributed by atoms with Crippen LogP contribution in [0.4, 0.5) is 5.82 Å². The second kappa shape index (κ2) is 7.73. The Morgan fingerprint density at radius 2 is 2.21 bits per heavy atom. The monoisotopic (exact) mass is 407 g/mol. The molecule has 0 saturated heterocycles. The third-order valence-corrected chi connectivity index (χ3v) is 5.44. The van der Waals surface area contributed by atoms with Gasteiger partial charge in [-0.1, -0.05) is 6.07 Å². The minimum atomic E-state index is -0.352. The normalized spacial score (nSPS) is 10.8. The lowest BCUT2D eigenvalue weighted by atomic mass is 10.2. The quantitative estimate of drug-likeness (QED) is 0.525. The van der Waals surface area contributed by atoms with Crippen molar-refractivity contribution in [3.8, 4) is 16.8 Å². The molecule has 0 aromatic carbocycles. The molecular weight excluding hydrogens is 390 g/mol. The summed E-state index contributed by atoms with van der Waals surface area (Å²) in [5, 5.41) is 26.5. The Morgan fingerprint density at radius 1 is 1.34 bits per heavy atom. The number of nitrogens with one attached hydrogen (secondary N) is 1. The molecule has 1 amide bonds. The molecule has 1 N–H and O–H groups in total. The van der Waals surface area contributed by atoms with Crippen molar-refractivity contribution >= 4 is 23.1 Å². The van der Waals surface area contributed by atoms with Gasteiger partial charge >= 0.3 is 0 Å². The summed E-state index contributed by atoms with van der Waals surface area (Å²) in [6.45, 7) is 4.05. The second-order valence-corrected chi connectivity index (χ2v) is 7.33. The third-order valence-electron chi connectivity index (χ3n) is 4.57. The first kappa shape index (κ1) is 18.6. The van der Waals surface area contributed by atoms with Crippen LogP contribution in [0.15, 0.2) is 40.3 Å². The van der Waals surface area contributed by atoms with Crippen LogP contribution in [0, 0.1) is 25.2 Å². The fraction of sp³-hybridized carbons (Fsp3) is 0.211. The van der Waals surface area contributed by atoms with Gasteiger partial charge in [-0.3, -0.25) is 4.79 Å². The Morgan fingerprint density at radius 3 is 2.90 bits per heavy atom. The van der Waals surface area contributed by atoms with Crippen LogP contribution in [-0.2, 0) is 17.9 Å². The lowest BCUT2D eigenvalue weighted by Crippen LogP contribution is -2.23. The topological polar surface area (TPSA) is 115 Å². The highest BCUT2D eigenvalue weighted by atomic mass is 32.1. The summed E-state index contributed by atoms with van der Waals surface area (Å²) in [4.78, 5) is 14.7. The first-order valence-electron chi connectivity index (χ1n) is 8.80. The van der Waals surface area contributed by atoms with E-state index in [1.54, 1.807) is 12.3 Å². The average molecular weight is 407 g/mol. The molecule has 0 spiro atoms. The Kier molecular flexibility index (Phi) is 4.97. The number of nitriles is 1. The van der Waals surface area contributed by atoms with E-state index < -0.39 is 0 Å². The molecule has 0 atom stereocenters. The second-order valence-electron chi connectivity index (χ2n) is 6.38. The van der Waals surface area contributed by atoms with E-state index in [-0.39, 0.29) is 12.5 Å². The maximum atomic E-state index is 12.6. The summed E-state index contributed by atoms with van der Waals surface area (Å²) < 4.78 is 7.28. The Labute approximate surface area is 170 Å². The van der Waals surface area contributed by atoms with E-state index in [1.807, 2.05) is 42.0 Å². The summed E-state index contributed by atoms with van der Waals surface area (Å²) in [5.41, 5.74) is 2.12. The van der Waals surface area contributed by atoms with Crippen LogP contribution < -0.4 is 5.32 Å². The number of thiophene rings is 1. The molecule has 0 fully saturated rings. The summed E-state index contributed by atoms with van der Waals surface area (Å²) >= 11 is 1.50. The maximum absolute atomic E-state index is 12.6. The van der Waals surface area contributed by atoms with Crippen molar-refractivity contribution in [2.24, 2.45) is 0 Å². The van der Waals surface area contributed by atoms with Crippen LogP contribution in [0.2, 0.25) is 0 Å². The van der Waals surface area contributed by atoms with Crippen molar-refractivity contribution in [2.45, 2.75) is 26.9 Å². The predicted molar refractivity (Wildman–Crippen MR) is 106 cm³/mol. The Hall–Kier alpha value is -3.71. The van der Waals surface area contributed by atoms with Gasteiger partial charge in [0, 0.05) is 5.69 Å². The molecule has 4 aromatic rings. The Bertz CT molecular complexity index is 1180. The number of furan rings is 1. The number of hydrogen-bond donors (Lipinski definition) is 1. The van der Waals surface area contributed by atoms with E-state index in [4.69, 9.17) is 4.42 Å². The van der Waals surface area contributed by atoms with Crippen LogP contribution in [0.3, 0.4) is 0 Å². The molecule has 0 unspecified atom stereocenters. The third kappa shape index (κ3) is 3.68. The van der Waals surface area contributed by atoms with Crippen molar-refractivity contribution in [2.75, 3.05) is 5.32 Å². The van der Waals surface area contributed by atoms with E-state index in [2.05, 4.69) is 26.8 Å². The van der Waals surface area contributed by atoms with Crippen molar-refractivity contribution in [3.63, 3.8) is 0 Å². The van der Waals surface area contributed by atoms with Crippen molar-refractivity contribution < 1.29 is 9.21 Å². The zero-order valence-electron chi connectivity index (χ0n) is 15.8. The maximum Gasteiger partial charge on any atom is 0.249 e. The molecule has 0 saturated carbocycles. The van der Waals surface area contributed by atoms with Gasteiger partial charge in [-0.05, 0) is 48.2 Å². The first-order valence-corrected chi connectivity index (χ1v) is 9.68. The number of aromatic nitrogens is 5. The number of amides is 1. The number of nitrogens with zero attached hydrogens (tertiary/aromatic N) is 6. The summed E-state index contributed by atoms with van der Waals surface area (Å²) in [6, 6.07) is 9.61. The molecule has 0 aliphatic rings. The molecule has 0 radical (unpaired) electrons. The van der Waals surface area contributed by atoms with Gasteiger partial charge in [-0.2, -0.15) is 10.1 Å². The number of carbonyl (C=O) groups is 1. The fourth-order valence-electron chi connectivity index (χ4n) is 3.00. The molecular formula is C19H17N7O2S. The number of anilines is 1. The zero-order chi connectivity index (χ0) is 20.4. The fourth-order valence-corrected chi connectivity index (χ4v) is 3.65. The SMILES string of the molecule is Cc1c(C#N)c(NC(=O)Cn2nnc(-c3cccs3)n2)n(Cc2ccco2)c1C. The van der Waals surface area contributed by atoms with Gasteiger partial charge in [0.1, 0.15) is 24.2 Å². The molecule has 0 bridgehead atoms. The van der Waals surface area contributed by atoms with Gasteiger partial charge in [0.15, 0.2) is 0 Å². The summed E-state index contributed by atoms with van der Waals surface area (Å²) in [5.74, 6) is 1.28. The minimum Gasteiger partial charge on any atom is -0.467 e. The largest absolute Gasteiger partial charge is 0.467 e. The molecule has 4 heterocycles. The zero-order valence-corrected chi connectivity index (χ0v) is 16.6. The number of tetrazole rings is 1. The predicted octanol–water partition coefficient (Wildman–Crippen LogP) is 2.97. The van der Waals surface area contributed by atoms with Gasteiger partial charge < -0.3 is 14.3 Å². The van der Waals surface area contributed by atoms with Crippen LogP contribution in [-0.4, -0.2) is 30.7 Å². The molecule has 4 aromatic heterocycles. The van der Waals surface area contributed by atoms with Gasteiger partial charge in [-0.15, -0.1) is 21.5 Å². The molecule has 4 rings (SSSR count). The van der Waals surface area contributed by atoms with E-state index in [0.29, 0.717) is 23.8 Å². The summed E-state index contributed by atoms with van der Waals surface area (Å²) in [7, 11) is 0. The van der Waals surface area contributed by atoms with Crippen LogP contribution in [0.5, 0.6) is 0 Å². The molecule has 9 nitrogen and oxygen atoms in total. The molecule has 29 heavy (non-hydrogen) atoms. The van der Waals surface area contributed by atoms with Gasteiger partial charge in [0.2, 0.25) is 11.7 Å². The molecule has 0 aliphatic carbocycles. The smallest absolute Gasteiger partial charge is 0.249 e. The van der Waals surface area contributed by atoms with E-state index in [0.717, 1.165) is 21.9 Å². The molecule has 146 valence electrons. The minimum absolute atomic E-state index is 0.118. The van der Waals surface area contributed by atoms with Crippen molar-refractivity contribution in [3.05, 3.63) is 58.5 Å². The van der Waals surface area contributed by atoms with E-state index >= 15 is 0 Å². The number of hydrogen-bond acceptors (Lipinski definition) is 7. The van der Waals surface area contributed by atoms with Crippen molar-refractivity contribution in [1.29, 1.82) is 5.26 Å². The van der Waals surface area contributed by atoms with Crippen molar-refractivity contribution in [1.82, 2.24) is 24.8 Å². The lowest BCUT2D eigenvalue weighted by Gasteiger charge is -2.11. The highest BCUT2D eigenvalue weighted by molar-refractivity contribution is 7.13. The van der Waals surface area contributed by atoms with Crippen LogP contribution >= 0.6 is 11.3 Å². The highest BCUT2D eigenvalue weighted by Gasteiger charge is 2.21. The van der Waals surface area contributed by atoms with E-state index in [1.165, 1.54) is 16.1 Å². The van der Waals surface area contributed by atoms with Crippen LogP contribution in [0.1, 0.15) is 22.6 Å². The van der Waals surface area contributed by atoms with E-state index in [9.17, 15) is 10.1 Å². The molecule has 0 aliphatic heterocycles.